The van der Waals surface area contributed by atoms with Gasteiger partial charge in [0.15, 0.2) is 5.13 Å². The molecule has 0 fully saturated rings. The van der Waals surface area contributed by atoms with Gasteiger partial charge in [0.2, 0.25) is 0 Å². The Morgan fingerprint density at radius 2 is 2.29 bits per heavy atom. The molecule has 6 heteroatoms. The lowest BCUT2D eigenvalue weighted by molar-refractivity contribution is 0.0702. The zero-order chi connectivity index (χ0) is 12.7. The number of rotatable bonds is 8. The highest BCUT2D eigenvalue weighted by atomic mass is 32.1. The zero-order valence-electron chi connectivity index (χ0n) is 10.3. The van der Waals surface area contributed by atoms with E-state index in [-0.39, 0.29) is 4.88 Å². The third-order valence-corrected chi connectivity index (χ3v) is 3.35. The van der Waals surface area contributed by atoms with Crippen LogP contribution in [-0.2, 0) is 0 Å². The van der Waals surface area contributed by atoms with E-state index < -0.39 is 5.97 Å². The molecule has 0 amide bonds. The fraction of sp³-hybridized carbons (Fsp3) is 0.636. The lowest BCUT2D eigenvalue weighted by Crippen LogP contribution is -2.29. The fourth-order valence-electron chi connectivity index (χ4n) is 1.52. The van der Waals surface area contributed by atoms with Gasteiger partial charge in [-0.2, -0.15) is 0 Å². The van der Waals surface area contributed by atoms with Crippen LogP contribution < -0.4 is 5.32 Å². The standard InChI is InChI=1S/C11H19N3O2S/c1-3-6-14(4-2)7-5-12-11-13-8-9(17-11)10(15)16/h8H,3-7H2,1-2H3,(H,12,13)(H,15,16). The van der Waals surface area contributed by atoms with E-state index in [1.165, 1.54) is 17.5 Å². The average Bonchev–Trinajstić information content (AvgIpc) is 2.77. The maximum atomic E-state index is 10.7. The largest absolute Gasteiger partial charge is 0.477 e. The molecule has 17 heavy (non-hydrogen) atoms. The second-order valence-corrected chi connectivity index (χ2v) is 4.73. The van der Waals surface area contributed by atoms with E-state index in [0.29, 0.717) is 5.13 Å². The summed E-state index contributed by atoms with van der Waals surface area (Å²) in [6.45, 7) is 8.18. The second kappa shape index (κ2) is 7.24. The minimum absolute atomic E-state index is 0.272. The molecule has 0 aliphatic heterocycles. The zero-order valence-corrected chi connectivity index (χ0v) is 11.1. The highest BCUT2D eigenvalue weighted by Gasteiger charge is 2.08. The molecular formula is C11H19N3O2S. The van der Waals surface area contributed by atoms with E-state index in [1.807, 2.05) is 0 Å². The highest BCUT2D eigenvalue weighted by Crippen LogP contribution is 2.17. The van der Waals surface area contributed by atoms with E-state index in [2.05, 4.69) is 29.0 Å². The molecule has 0 aliphatic carbocycles. The van der Waals surface area contributed by atoms with Crippen LogP contribution >= 0.6 is 11.3 Å². The van der Waals surface area contributed by atoms with E-state index in [9.17, 15) is 4.79 Å². The van der Waals surface area contributed by atoms with Gasteiger partial charge >= 0.3 is 5.97 Å². The van der Waals surface area contributed by atoms with Crippen molar-refractivity contribution in [2.75, 3.05) is 31.5 Å². The number of carbonyl (C=O) groups is 1. The number of carboxylic acid groups (broad SMARTS) is 1. The van der Waals surface area contributed by atoms with Crippen LogP contribution in [-0.4, -0.2) is 47.1 Å². The minimum Gasteiger partial charge on any atom is -0.477 e. The van der Waals surface area contributed by atoms with Crippen LogP contribution in [0.15, 0.2) is 6.20 Å². The molecule has 0 unspecified atom stereocenters. The number of hydrogen-bond donors (Lipinski definition) is 2. The summed E-state index contributed by atoms with van der Waals surface area (Å²) in [6, 6.07) is 0. The molecule has 1 heterocycles. The monoisotopic (exact) mass is 257 g/mol. The number of carboxylic acids is 1. The van der Waals surface area contributed by atoms with Gasteiger partial charge in [0.1, 0.15) is 4.88 Å². The first-order chi connectivity index (χ1) is 8.17. The quantitative estimate of drug-likeness (QED) is 0.745. The number of anilines is 1. The van der Waals surface area contributed by atoms with Crippen molar-refractivity contribution in [1.82, 2.24) is 9.88 Å². The summed E-state index contributed by atoms with van der Waals surface area (Å²) in [5, 5.41) is 12.6. The van der Waals surface area contributed by atoms with Gasteiger partial charge in [-0.25, -0.2) is 9.78 Å². The number of aromatic nitrogens is 1. The van der Waals surface area contributed by atoms with E-state index in [0.717, 1.165) is 32.6 Å². The van der Waals surface area contributed by atoms with Crippen LogP contribution in [0, 0.1) is 0 Å². The Hall–Kier alpha value is -1.14. The van der Waals surface area contributed by atoms with Crippen molar-refractivity contribution in [3.63, 3.8) is 0 Å². The van der Waals surface area contributed by atoms with Crippen molar-refractivity contribution in [3.8, 4) is 0 Å². The number of thiazole rings is 1. The highest BCUT2D eigenvalue weighted by molar-refractivity contribution is 7.17. The van der Waals surface area contributed by atoms with Crippen molar-refractivity contribution in [1.29, 1.82) is 0 Å². The summed E-state index contributed by atoms with van der Waals surface area (Å²) in [7, 11) is 0. The summed E-state index contributed by atoms with van der Waals surface area (Å²) >= 11 is 1.17. The average molecular weight is 257 g/mol. The summed E-state index contributed by atoms with van der Waals surface area (Å²) in [5.41, 5.74) is 0. The molecule has 0 atom stereocenters. The third-order valence-electron chi connectivity index (χ3n) is 2.41. The third kappa shape index (κ3) is 4.70. The van der Waals surface area contributed by atoms with Crippen molar-refractivity contribution in [3.05, 3.63) is 11.1 Å². The molecule has 0 saturated carbocycles. The number of nitrogens with zero attached hydrogens (tertiary/aromatic N) is 2. The smallest absolute Gasteiger partial charge is 0.347 e. The van der Waals surface area contributed by atoms with E-state index in [4.69, 9.17) is 5.11 Å². The first-order valence-corrected chi connectivity index (χ1v) is 6.64. The maximum Gasteiger partial charge on any atom is 0.347 e. The van der Waals surface area contributed by atoms with Crippen molar-refractivity contribution in [2.45, 2.75) is 20.3 Å². The second-order valence-electron chi connectivity index (χ2n) is 3.70. The lowest BCUT2D eigenvalue weighted by Gasteiger charge is -2.19. The Labute approximate surface area is 105 Å². The molecule has 0 radical (unpaired) electrons. The van der Waals surface area contributed by atoms with Crippen molar-refractivity contribution < 1.29 is 9.90 Å². The number of likely N-dealkylation sites (N-methyl/N-ethyl adjacent to an activating group) is 1. The SMILES string of the molecule is CCCN(CC)CCNc1ncc(C(=O)O)s1. The molecular weight excluding hydrogens is 238 g/mol. The summed E-state index contributed by atoms with van der Waals surface area (Å²) < 4.78 is 0. The van der Waals surface area contributed by atoms with E-state index in [1.54, 1.807) is 0 Å². The summed E-state index contributed by atoms with van der Waals surface area (Å²) in [5.74, 6) is -0.920. The normalized spacial score (nSPS) is 10.8. The van der Waals surface area contributed by atoms with Crippen LogP contribution in [0.2, 0.25) is 0 Å². The predicted octanol–water partition coefficient (Wildman–Crippen LogP) is 1.99. The van der Waals surface area contributed by atoms with Crippen molar-refractivity contribution >= 4 is 22.4 Å². The van der Waals surface area contributed by atoms with Gasteiger partial charge < -0.3 is 15.3 Å². The Bertz CT molecular complexity index is 354. The number of aromatic carboxylic acids is 1. The molecule has 1 rings (SSSR count). The predicted molar refractivity (Wildman–Crippen MR) is 70.0 cm³/mol. The van der Waals surface area contributed by atoms with Gasteiger partial charge in [-0.3, -0.25) is 0 Å². The van der Waals surface area contributed by atoms with Crippen LogP contribution in [0.25, 0.3) is 0 Å². The molecule has 96 valence electrons. The molecule has 5 nitrogen and oxygen atoms in total. The number of hydrogen-bond acceptors (Lipinski definition) is 5. The van der Waals surface area contributed by atoms with Crippen LogP contribution in [0.4, 0.5) is 5.13 Å². The fourth-order valence-corrected chi connectivity index (χ4v) is 2.20. The maximum absolute atomic E-state index is 10.7. The van der Waals surface area contributed by atoms with Crippen LogP contribution in [0.3, 0.4) is 0 Å². The van der Waals surface area contributed by atoms with Crippen LogP contribution in [0.5, 0.6) is 0 Å². The Morgan fingerprint density at radius 1 is 1.53 bits per heavy atom. The van der Waals surface area contributed by atoms with Gasteiger partial charge in [0.05, 0.1) is 6.20 Å². The topological polar surface area (TPSA) is 65.5 Å². The van der Waals surface area contributed by atoms with Crippen molar-refractivity contribution in [2.24, 2.45) is 0 Å². The Balaban J connectivity index is 2.32. The molecule has 0 aromatic carbocycles. The first kappa shape index (κ1) is 13.9. The molecule has 1 aromatic rings. The Morgan fingerprint density at radius 3 is 2.82 bits per heavy atom. The summed E-state index contributed by atoms with van der Waals surface area (Å²) in [4.78, 5) is 17.3. The van der Waals surface area contributed by atoms with Crippen LogP contribution in [0.1, 0.15) is 29.9 Å². The van der Waals surface area contributed by atoms with Gasteiger partial charge in [0, 0.05) is 13.1 Å². The Kier molecular flexibility index (Phi) is 5.93. The molecule has 0 saturated heterocycles. The molecule has 0 bridgehead atoms. The molecule has 2 N–H and O–H groups in total. The minimum atomic E-state index is -0.920. The van der Waals surface area contributed by atoms with E-state index >= 15 is 0 Å². The first-order valence-electron chi connectivity index (χ1n) is 5.82. The lowest BCUT2D eigenvalue weighted by atomic mass is 10.4. The van der Waals surface area contributed by atoms with Gasteiger partial charge in [-0.1, -0.05) is 25.2 Å². The molecule has 0 aliphatic rings. The van der Waals surface area contributed by atoms with Gasteiger partial charge in [-0.15, -0.1) is 0 Å². The molecule has 0 spiro atoms. The van der Waals surface area contributed by atoms with Gasteiger partial charge in [0.25, 0.3) is 0 Å². The molecule has 1 aromatic heterocycles. The summed E-state index contributed by atoms with van der Waals surface area (Å²) in [6.07, 6.45) is 2.53. The number of nitrogens with one attached hydrogen (secondary N) is 1. The van der Waals surface area contributed by atoms with Gasteiger partial charge in [-0.05, 0) is 19.5 Å².